The minimum Gasteiger partial charge on any atom is -0.575 e. The Morgan fingerprint density at radius 2 is 2.08 bits per heavy atom. The first-order chi connectivity index (χ1) is 11.2. The van der Waals surface area contributed by atoms with Gasteiger partial charge in [-0.05, 0) is 17.9 Å². The van der Waals surface area contributed by atoms with Crippen LogP contribution in [0.2, 0.25) is 5.02 Å². The topological polar surface area (TPSA) is 66.5 Å². The summed E-state index contributed by atoms with van der Waals surface area (Å²) in [5.41, 5.74) is 1.43. The first-order valence-electron chi connectivity index (χ1n) is 7.78. The molecule has 2 fully saturated rings. The van der Waals surface area contributed by atoms with E-state index in [0.717, 1.165) is 54.2 Å². The van der Waals surface area contributed by atoms with Gasteiger partial charge in [0.2, 0.25) is 0 Å². The number of anilines is 1. The zero-order chi connectivity index (χ0) is 15.9. The van der Waals surface area contributed by atoms with E-state index in [2.05, 4.69) is 26.1 Å². The minimum atomic E-state index is -0.430. The van der Waals surface area contributed by atoms with Crippen LogP contribution in [-0.2, 0) is 4.74 Å². The Kier molecular flexibility index (Phi) is 5.65. The fraction of sp³-hybridized carbons (Fsp3) is 0.500. The Hall–Kier alpha value is -0.485. The van der Waals surface area contributed by atoms with Crippen LogP contribution in [0.1, 0.15) is 6.42 Å². The van der Waals surface area contributed by atoms with Crippen LogP contribution in [0.15, 0.2) is 18.3 Å². The molecule has 0 unspecified atom stereocenters. The van der Waals surface area contributed by atoms with Crippen molar-refractivity contribution in [1.29, 1.82) is 5.26 Å². The quantitative estimate of drug-likeness (QED) is 0.555. The van der Waals surface area contributed by atoms with Crippen molar-refractivity contribution in [3.8, 4) is 6.07 Å². The number of aromatic nitrogens is 2. The molecular weight excluding hydrogens is 546 g/mol. The van der Waals surface area contributed by atoms with Gasteiger partial charge in [0.25, 0.3) is 0 Å². The van der Waals surface area contributed by atoms with Crippen LogP contribution in [0, 0.1) is 51.3 Å². The standard InChI is InChI=1S/C16H17ClN5O.Th/c17-13-6-12-8-19-20-14(12)7-15(13)21-2-1-3-22(5-4-21)16(9-18)10-23-11-16;/h6-8H,1-5,10-11H2;/q-1;. The predicted molar refractivity (Wildman–Crippen MR) is 87.6 cm³/mol. The van der Waals surface area contributed by atoms with Crippen LogP contribution in [0.4, 0.5) is 5.69 Å². The van der Waals surface area contributed by atoms with Crippen LogP contribution >= 0.6 is 11.6 Å². The monoisotopic (exact) mass is 562 g/mol. The van der Waals surface area contributed by atoms with Gasteiger partial charge in [-0.3, -0.25) is 4.90 Å². The minimum absolute atomic E-state index is 0. The molecule has 2 saturated heterocycles. The molecule has 0 aliphatic carbocycles. The van der Waals surface area contributed by atoms with Gasteiger partial charge in [0, 0.05) is 72.3 Å². The Labute approximate surface area is 177 Å². The van der Waals surface area contributed by atoms with Crippen molar-refractivity contribution in [3.63, 3.8) is 0 Å². The summed E-state index contributed by atoms with van der Waals surface area (Å²) in [6.07, 6.45) is 2.72. The Morgan fingerprint density at radius 1 is 1.25 bits per heavy atom. The molecule has 3 heterocycles. The fourth-order valence-corrected chi connectivity index (χ4v) is 3.64. The SMILES string of the molecule is N#CC1(N2CCCN(c3cc4[n-]ncc4cc3Cl)CC2)COC1.[Th]. The summed E-state index contributed by atoms with van der Waals surface area (Å²) < 4.78 is 5.28. The number of ether oxygens (including phenoxy) is 1. The van der Waals surface area contributed by atoms with Crippen molar-refractivity contribution in [1.82, 2.24) is 15.1 Å². The number of halogens is 1. The van der Waals surface area contributed by atoms with E-state index in [-0.39, 0.29) is 39.9 Å². The second-order valence-electron chi connectivity index (χ2n) is 6.17. The van der Waals surface area contributed by atoms with E-state index in [1.807, 2.05) is 12.1 Å². The summed E-state index contributed by atoms with van der Waals surface area (Å²) >= 11 is 6.46. The molecule has 0 spiro atoms. The summed E-state index contributed by atoms with van der Waals surface area (Å²) in [5.74, 6) is 0. The molecule has 0 bridgehead atoms. The van der Waals surface area contributed by atoms with Gasteiger partial charge in [0.15, 0.2) is 5.54 Å². The summed E-state index contributed by atoms with van der Waals surface area (Å²) in [6.45, 7) is 4.51. The van der Waals surface area contributed by atoms with Gasteiger partial charge in [0.05, 0.1) is 30.0 Å². The second-order valence-corrected chi connectivity index (χ2v) is 6.58. The fourth-order valence-electron chi connectivity index (χ4n) is 3.35. The largest absolute Gasteiger partial charge is 0.575 e. The van der Waals surface area contributed by atoms with Gasteiger partial charge >= 0.3 is 0 Å². The third kappa shape index (κ3) is 3.16. The van der Waals surface area contributed by atoms with Gasteiger partial charge in [-0.15, -0.1) is 5.52 Å². The van der Waals surface area contributed by atoms with Gasteiger partial charge in [-0.2, -0.15) is 5.26 Å². The average molecular weight is 563 g/mol. The van der Waals surface area contributed by atoms with Crippen LogP contribution in [0.3, 0.4) is 0 Å². The van der Waals surface area contributed by atoms with Gasteiger partial charge in [-0.1, -0.05) is 17.7 Å². The van der Waals surface area contributed by atoms with E-state index < -0.39 is 5.54 Å². The average Bonchev–Trinajstić information content (AvgIpc) is 2.81. The van der Waals surface area contributed by atoms with Crippen LogP contribution in [0.25, 0.3) is 10.9 Å². The summed E-state index contributed by atoms with van der Waals surface area (Å²) in [4.78, 5) is 4.53. The van der Waals surface area contributed by atoms with E-state index in [1.165, 1.54) is 0 Å². The molecule has 6 nitrogen and oxygen atoms in total. The maximum atomic E-state index is 9.48. The maximum absolute atomic E-state index is 9.48. The molecule has 1 aromatic carbocycles. The van der Waals surface area contributed by atoms with Crippen molar-refractivity contribution in [2.24, 2.45) is 0 Å². The van der Waals surface area contributed by atoms with E-state index in [0.29, 0.717) is 13.2 Å². The Balaban J connectivity index is 0.00000169. The molecule has 0 radical (unpaired) electrons. The predicted octanol–water partition coefficient (Wildman–Crippen LogP) is 1.65. The number of nitriles is 1. The Morgan fingerprint density at radius 3 is 2.79 bits per heavy atom. The van der Waals surface area contributed by atoms with Gasteiger partial charge in [0.1, 0.15) is 0 Å². The molecular formula is C16H17ClN5OTh-. The third-order valence-electron chi connectivity index (χ3n) is 4.79. The summed E-state index contributed by atoms with van der Waals surface area (Å²) in [7, 11) is 0. The van der Waals surface area contributed by atoms with E-state index in [1.54, 1.807) is 6.20 Å². The molecule has 2 aliphatic heterocycles. The first-order valence-corrected chi connectivity index (χ1v) is 8.16. The van der Waals surface area contributed by atoms with Crippen LogP contribution < -0.4 is 10.00 Å². The number of fused-ring (bicyclic) bond motifs is 1. The molecule has 8 heteroatoms. The zero-order valence-electron chi connectivity index (χ0n) is 13.2. The zero-order valence-corrected chi connectivity index (χ0v) is 18.1. The van der Waals surface area contributed by atoms with Crippen molar-refractivity contribution in [2.45, 2.75) is 12.0 Å². The van der Waals surface area contributed by atoms with Crippen molar-refractivity contribution >= 4 is 28.2 Å². The molecule has 2 aromatic rings. The molecule has 0 saturated carbocycles. The molecule has 0 atom stereocenters. The number of hydrogen-bond donors (Lipinski definition) is 0. The van der Waals surface area contributed by atoms with Gasteiger partial charge in [-0.25, -0.2) is 0 Å². The Bertz CT molecular complexity index is 769. The van der Waals surface area contributed by atoms with Crippen molar-refractivity contribution < 1.29 is 44.7 Å². The van der Waals surface area contributed by atoms with E-state index in [4.69, 9.17) is 16.3 Å². The third-order valence-corrected chi connectivity index (χ3v) is 5.09. The molecule has 1 aromatic heterocycles. The van der Waals surface area contributed by atoms with E-state index in [9.17, 15) is 5.26 Å². The second kappa shape index (κ2) is 7.41. The van der Waals surface area contributed by atoms with Crippen molar-refractivity contribution in [2.75, 3.05) is 44.3 Å². The molecule has 2 aliphatic rings. The smallest absolute Gasteiger partial charge is 0.156 e. The van der Waals surface area contributed by atoms with Crippen molar-refractivity contribution in [3.05, 3.63) is 23.4 Å². The molecule has 124 valence electrons. The summed E-state index contributed by atoms with van der Waals surface area (Å²) in [6, 6.07) is 6.37. The molecule has 0 N–H and O–H groups in total. The normalized spacial score (nSPS) is 20.8. The maximum Gasteiger partial charge on any atom is 0.156 e. The summed E-state index contributed by atoms with van der Waals surface area (Å²) in [5, 5.41) is 19.2. The number of nitrogens with zero attached hydrogens (tertiary/aromatic N) is 5. The molecule has 4 rings (SSSR count). The number of rotatable bonds is 2. The van der Waals surface area contributed by atoms with Gasteiger partial charge < -0.3 is 19.8 Å². The van der Waals surface area contributed by atoms with E-state index >= 15 is 0 Å². The van der Waals surface area contributed by atoms with Crippen LogP contribution in [-0.4, -0.2) is 54.9 Å². The molecule has 24 heavy (non-hydrogen) atoms. The molecule has 0 amide bonds. The van der Waals surface area contributed by atoms with Crippen LogP contribution in [0.5, 0.6) is 0 Å². The number of benzene rings is 1. The first kappa shape index (κ1) is 18.3. The number of hydrogen-bond acceptors (Lipinski definition) is 5.